The number of para-hydroxylation sites is 1. The number of sulfonamides is 1. The summed E-state index contributed by atoms with van der Waals surface area (Å²) in [5.41, 5.74) is 1.04. The van der Waals surface area contributed by atoms with E-state index in [1.54, 1.807) is 19.2 Å². The number of methoxy groups -OCH3 is 1. The minimum absolute atomic E-state index is 0.0317. The van der Waals surface area contributed by atoms with Crippen molar-refractivity contribution in [3.63, 3.8) is 0 Å². The van der Waals surface area contributed by atoms with Gasteiger partial charge < -0.3 is 9.47 Å². The Hall–Kier alpha value is -2.05. The number of hydrogen-bond donors (Lipinski definition) is 1. The van der Waals surface area contributed by atoms with Crippen LogP contribution in [0.1, 0.15) is 11.5 Å². The molecule has 5 nitrogen and oxygen atoms in total. The van der Waals surface area contributed by atoms with Crippen LogP contribution in [0.4, 0.5) is 0 Å². The highest BCUT2D eigenvalue weighted by atomic mass is 32.2. The van der Waals surface area contributed by atoms with E-state index in [1.165, 1.54) is 12.1 Å². The molecule has 1 N–H and O–H groups in total. The Morgan fingerprint density at radius 3 is 2.64 bits per heavy atom. The lowest BCUT2D eigenvalue weighted by atomic mass is 10.0. The van der Waals surface area contributed by atoms with Gasteiger partial charge in [0, 0.05) is 18.0 Å². The van der Waals surface area contributed by atoms with Gasteiger partial charge >= 0.3 is 0 Å². The van der Waals surface area contributed by atoms with Crippen LogP contribution < -0.4 is 14.2 Å². The van der Waals surface area contributed by atoms with Gasteiger partial charge in [-0.3, -0.25) is 0 Å². The second-order valence-corrected chi connectivity index (χ2v) is 6.84. The van der Waals surface area contributed by atoms with Gasteiger partial charge in [-0.05, 0) is 30.3 Å². The molecule has 0 aliphatic carbocycles. The molecule has 1 atom stereocenters. The number of hydrogen-bond acceptors (Lipinski definition) is 4. The van der Waals surface area contributed by atoms with Crippen molar-refractivity contribution in [1.82, 2.24) is 4.72 Å². The summed E-state index contributed by atoms with van der Waals surface area (Å²) in [4.78, 5) is 0.223. The van der Waals surface area contributed by atoms with Crippen LogP contribution in [-0.2, 0) is 10.0 Å². The van der Waals surface area contributed by atoms with Crippen LogP contribution in [0.5, 0.6) is 11.5 Å². The zero-order chi connectivity index (χ0) is 15.6. The maximum absolute atomic E-state index is 12.3. The Bertz CT molecular complexity index is 756. The van der Waals surface area contributed by atoms with Gasteiger partial charge in [0.05, 0.1) is 18.6 Å². The molecule has 0 amide bonds. The minimum Gasteiger partial charge on any atom is -0.497 e. The molecule has 0 fully saturated rings. The third kappa shape index (κ3) is 2.93. The Balaban J connectivity index is 1.70. The maximum atomic E-state index is 12.3. The van der Waals surface area contributed by atoms with Gasteiger partial charge in [0.2, 0.25) is 10.0 Å². The van der Waals surface area contributed by atoms with E-state index in [0.717, 1.165) is 11.3 Å². The summed E-state index contributed by atoms with van der Waals surface area (Å²) >= 11 is 0. The van der Waals surface area contributed by atoms with Crippen LogP contribution in [0.25, 0.3) is 0 Å². The number of fused-ring (bicyclic) bond motifs is 1. The van der Waals surface area contributed by atoms with Gasteiger partial charge in [0.15, 0.2) is 0 Å². The summed E-state index contributed by atoms with van der Waals surface area (Å²) in [6.07, 6.45) is 0. The van der Waals surface area contributed by atoms with E-state index in [2.05, 4.69) is 4.72 Å². The van der Waals surface area contributed by atoms with Gasteiger partial charge in [-0.2, -0.15) is 0 Å². The molecular weight excluding hydrogens is 302 g/mol. The number of nitrogens with one attached hydrogen (secondary N) is 1. The monoisotopic (exact) mass is 319 g/mol. The Morgan fingerprint density at radius 2 is 1.91 bits per heavy atom. The van der Waals surface area contributed by atoms with Crippen molar-refractivity contribution < 1.29 is 17.9 Å². The van der Waals surface area contributed by atoms with E-state index in [-0.39, 0.29) is 10.8 Å². The Kier molecular flexibility index (Phi) is 4.04. The van der Waals surface area contributed by atoms with Crippen LogP contribution in [0, 0.1) is 0 Å². The van der Waals surface area contributed by atoms with Crippen LogP contribution in [0.3, 0.4) is 0 Å². The predicted octanol–water partition coefficient (Wildman–Crippen LogP) is 2.15. The molecule has 2 aromatic rings. The summed E-state index contributed by atoms with van der Waals surface area (Å²) in [6.45, 7) is 0.801. The first kappa shape index (κ1) is 14.9. The molecule has 22 heavy (non-hydrogen) atoms. The van der Waals surface area contributed by atoms with E-state index >= 15 is 0 Å². The molecule has 3 rings (SSSR count). The molecule has 2 aromatic carbocycles. The van der Waals surface area contributed by atoms with Crippen molar-refractivity contribution in [2.45, 2.75) is 10.8 Å². The normalized spacial score (nSPS) is 16.9. The number of rotatable bonds is 5. The topological polar surface area (TPSA) is 64.6 Å². The van der Waals surface area contributed by atoms with Crippen molar-refractivity contribution in [1.29, 1.82) is 0 Å². The van der Waals surface area contributed by atoms with Crippen LogP contribution in [0.15, 0.2) is 53.4 Å². The lowest BCUT2D eigenvalue weighted by molar-refractivity contribution is 0.330. The third-order valence-corrected chi connectivity index (χ3v) is 5.13. The predicted molar refractivity (Wildman–Crippen MR) is 82.9 cm³/mol. The van der Waals surface area contributed by atoms with Crippen molar-refractivity contribution in [3.8, 4) is 11.5 Å². The van der Waals surface area contributed by atoms with E-state index in [0.29, 0.717) is 18.9 Å². The van der Waals surface area contributed by atoms with Crippen molar-refractivity contribution >= 4 is 10.0 Å². The Morgan fingerprint density at radius 1 is 1.18 bits per heavy atom. The largest absolute Gasteiger partial charge is 0.497 e. The van der Waals surface area contributed by atoms with Crippen molar-refractivity contribution in [2.24, 2.45) is 0 Å². The molecular formula is C16H17NO4S. The minimum atomic E-state index is -3.54. The average molecular weight is 319 g/mol. The smallest absolute Gasteiger partial charge is 0.240 e. The van der Waals surface area contributed by atoms with Crippen LogP contribution in [0.2, 0.25) is 0 Å². The second-order valence-electron chi connectivity index (χ2n) is 5.07. The first-order chi connectivity index (χ1) is 10.6. The molecule has 0 aromatic heterocycles. The quantitative estimate of drug-likeness (QED) is 0.917. The summed E-state index contributed by atoms with van der Waals surface area (Å²) in [5.74, 6) is 1.48. The zero-order valence-corrected chi connectivity index (χ0v) is 13.0. The molecule has 1 unspecified atom stereocenters. The average Bonchev–Trinajstić information content (AvgIpc) is 2.96. The Labute approximate surface area is 129 Å². The maximum Gasteiger partial charge on any atom is 0.240 e. The fourth-order valence-electron chi connectivity index (χ4n) is 2.45. The summed E-state index contributed by atoms with van der Waals surface area (Å²) in [6, 6.07) is 14.0. The molecule has 0 spiro atoms. The molecule has 0 radical (unpaired) electrons. The van der Waals surface area contributed by atoms with Crippen molar-refractivity contribution in [2.75, 3.05) is 20.3 Å². The number of ether oxygens (including phenoxy) is 2. The molecule has 1 aliphatic rings. The summed E-state index contributed by atoms with van der Waals surface area (Å²) < 4.78 is 37.9. The summed E-state index contributed by atoms with van der Waals surface area (Å²) in [5, 5.41) is 0. The zero-order valence-electron chi connectivity index (χ0n) is 12.2. The van der Waals surface area contributed by atoms with Gasteiger partial charge in [-0.1, -0.05) is 18.2 Å². The molecule has 116 valence electrons. The fourth-order valence-corrected chi connectivity index (χ4v) is 3.53. The van der Waals surface area contributed by atoms with Crippen LogP contribution >= 0.6 is 0 Å². The van der Waals surface area contributed by atoms with Gasteiger partial charge in [-0.15, -0.1) is 0 Å². The van der Waals surface area contributed by atoms with E-state index in [4.69, 9.17) is 9.47 Å². The lowest BCUT2D eigenvalue weighted by Crippen LogP contribution is -2.29. The van der Waals surface area contributed by atoms with Gasteiger partial charge in [-0.25, -0.2) is 13.1 Å². The highest BCUT2D eigenvalue weighted by Gasteiger charge is 2.25. The highest BCUT2D eigenvalue weighted by molar-refractivity contribution is 7.89. The van der Waals surface area contributed by atoms with E-state index in [9.17, 15) is 8.42 Å². The van der Waals surface area contributed by atoms with Gasteiger partial charge in [0.25, 0.3) is 0 Å². The molecule has 0 bridgehead atoms. The lowest BCUT2D eigenvalue weighted by Gasteiger charge is -2.11. The second kappa shape index (κ2) is 5.98. The van der Waals surface area contributed by atoms with Crippen molar-refractivity contribution in [3.05, 3.63) is 54.1 Å². The SMILES string of the molecule is COc1ccc(S(=O)(=O)NCC2COc3ccccc32)cc1. The third-order valence-electron chi connectivity index (χ3n) is 3.69. The fraction of sp³-hybridized carbons (Fsp3) is 0.250. The van der Waals surface area contributed by atoms with E-state index < -0.39 is 10.0 Å². The van der Waals surface area contributed by atoms with Gasteiger partial charge in [0.1, 0.15) is 11.5 Å². The highest BCUT2D eigenvalue weighted by Crippen LogP contribution is 2.33. The molecule has 6 heteroatoms. The first-order valence-corrected chi connectivity index (χ1v) is 8.44. The van der Waals surface area contributed by atoms with E-state index in [1.807, 2.05) is 24.3 Å². The first-order valence-electron chi connectivity index (χ1n) is 6.95. The summed E-state index contributed by atoms with van der Waals surface area (Å²) in [7, 11) is -2.00. The molecule has 1 heterocycles. The molecule has 0 saturated heterocycles. The number of benzene rings is 2. The molecule has 1 aliphatic heterocycles. The standard InChI is InChI=1S/C16H17NO4S/c1-20-13-6-8-14(9-7-13)22(18,19)17-10-12-11-21-16-5-3-2-4-15(12)16/h2-9,12,17H,10-11H2,1H3. The molecule has 0 saturated carbocycles. The van der Waals surface area contributed by atoms with Crippen LogP contribution in [-0.4, -0.2) is 28.7 Å².